The molecule has 0 bridgehead atoms. The van der Waals surface area contributed by atoms with E-state index in [4.69, 9.17) is 0 Å². The van der Waals surface area contributed by atoms with E-state index in [9.17, 15) is 17.6 Å². The molecule has 0 saturated heterocycles. The van der Waals surface area contributed by atoms with Gasteiger partial charge in [-0.05, 0) is 42.5 Å². The fourth-order valence-corrected chi connectivity index (χ4v) is 4.50. The number of benzene rings is 2. The minimum absolute atomic E-state index is 0.104. The highest BCUT2D eigenvalue weighted by molar-refractivity contribution is 7.90. The average molecular weight is 409 g/mol. The van der Waals surface area contributed by atoms with Crippen molar-refractivity contribution in [3.05, 3.63) is 78.9 Å². The lowest BCUT2D eigenvalue weighted by Crippen LogP contribution is -2.11. The van der Waals surface area contributed by atoms with Crippen molar-refractivity contribution in [1.82, 2.24) is 8.96 Å². The maximum absolute atomic E-state index is 13.9. The smallest absolute Gasteiger partial charge is 0.268 e. The number of fused-ring (bicyclic) bond motifs is 1. The molecular weight excluding hydrogens is 393 g/mol. The van der Waals surface area contributed by atoms with E-state index >= 15 is 0 Å². The maximum atomic E-state index is 13.9. The predicted molar refractivity (Wildman–Crippen MR) is 108 cm³/mol. The second-order valence-electron chi connectivity index (χ2n) is 6.43. The molecule has 29 heavy (non-hydrogen) atoms. The summed E-state index contributed by atoms with van der Waals surface area (Å²) in [5.74, 6) is -0.398. The number of rotatable bonds is 4. The molecule has 2 aromatic heterocycles. The number of carbonyl (C=O) groups excluding carboxylic acids is 1. The van der Waals surface area contributed by atoms with Crippen molar-refractivity contribution < 1.29 is 17.6 Å². The van der Waals surface area contributed by atoms with Crippen molar-refractivity contribution >= 4 is 32.7 Å². The molecule has 0 fully saturated rings. The number of anilines is 1. The topological polar surface area (TPSA) is 81.1 Å². The molecule has 2 heterocycles. The molecule has 0 aliphatic heterocycles. The summed E-state index contributed by atoms with van der Waals surface area (Å²) in [6.07, 6.45) is 2.99. The standard InChI is InChI=1S/C21H16FN3O3S/c1-14(26)24-21-10-7-15(12-23-21)19-13-25(20-11-16(22)8-9-18(19)20)29(27,28)17-5-3-2-4-6-17/h2-13H,1H3,(H,23,24,26). The Morgan fingerprint density at radius 1 is 1.07 bits per heavy atom. The zero-order valence-electron chi connectivity index (χ0n) is 15.3. The zero-order chi connectivity index (χ0) is 20.6. The number of halogens is 1. The number of nitrogens with one attached hydrogen (secondary N) is 1. The van der Waals surface area contributed by atoms with Crippen LogP contribution in [-0.2, 0) is 14.8 Å². The summed E-state index contributed by atoms with van der Waals surface area (Å²) >= 11 is 0. The Morgan fingerprint density at radius 3 is 2.48 bits per heavy atom. The average Bonchev–Trinajstić information content (AvgIpc) is 3.08. The number of nitrogens with zero attached hydrogens (tertiary/aromatic N) is 2. The van der Waals surface area contributed by atoms with Crippen LogP contribution >= 0.6 is 0 Å². The van der Waals surface area contributed by atoms with E-state index in [-0.39, 0.29) is 16.3 Å². The van der Waals surface area contributed by atoms with Gasteiger partial charge in [0.25, 0.3) is 10.0 Å². The van der Waals surface area contributed by atoms with Crippen molar-refractivity contribution in [3.8, 4) is 11.1 Å². The van der Waals surface area contributed by atoms with E-state index in [0.717, 1.165) is 3.97 Å². The molecule has 6 nitrogen and oxygen atoms in total. The molecule has 1 N–H and O–H groups in total. The van der Waals surface area contributed by atoms with Crippen molar-refractivity contribution in [2.75, 3.05) is 5.32 Å². The van der Waals surface area contributed by atoms with Gasteiger partial charge in [-0.1, -0.05) is 18.2 Å². The molecule has 0 aliphatic carbocycles. The Kier molecular flexibility index (Phi) is 4.63. The van der Waals surface area contributed by atoms with Crippen molar-refractivity contribution in [2.45, 2.75) is 11.8 Å². The lowest BCUT2D eigenvalue weighted by molar-refractivity contribution is -0.114. The van der Waals surface area contributed by atoms with Crippen LogP contribution in [0.4, 0.5) is 10.2 Å². The molecule has 4 aromatic rings. The third-order valence-corrected chi connectivity index (χ3v) is 6.10. The van der Waals surface area contributed by atoms with Gasteiger partial charge in [-0.3, -0.25) is 4.79 Å². The van der Waals surface area contributed by atoms with Crippen LogP contribution in [0.2, 0.25) is 0 Å². The summed E-state index contributed by atoms with van der Waals surface area (Å²) in [6.45, 7) is 1.38. The summed E-state index contributed by atoms with van der Waals surface area (Å²) < 4.78 is 41.3. The monoisotopic (exact) mass is 409 g/mol. The highest BCUT2D eigenvalue weighted by Crippen LogP contribution is 2.33. The van der Waals surface area contributed by atoms with Crippen LogP contribution in [0.5, 0.6) is 0 Å². The van der Waals surface area contributed by atoms with Gasteiger partial charge in [0.15, 0.2) is 0 Å². The number of hydrogen-bond donors (Lipinski definition) is 1. The molecule has 4 rings (SSSR count). The van der Waals surface area contributed by atoms with Gasteiger partial charge in [0.2, 0.25) is 5.91 Å². The first-order valence-electron chi connectivity index (χ1n) is 8.71. The molecule has 0 spiro atoms. The van der Waals surface area contributed by atoms with E-state index < -0.39 is 15.8 Å². The second kappa shape index (κ2) is 7.14. The van der Waals surface area contributed by atoms with Crippen LogP contribution in [-0.4, -0.2) is 23.3 Å². The number of carbonyl (C=O) groups is 1. The minimum atomic E-state index is -3.92. The summed E-state index contributed by atoms with van der Waals surface area (Å²) in [5.41, 5.74) is 1.45. The first-order valence-corrected chi connectivity index (χ1v) is 10.2. The van der Waals surface area contributed by atoms with Gasteiger partial charge in [0.05, 0.1) is 10.4 Å². The van der Waals surface area contributed by atoms with Crippen LogP contribution in [0.1, 0.15) is 6.92 Å². The van der Waals surface area contributed by atoms with Gasteiger partial charge in [-0.25, -0.2) is 21.8 Å². The molecule has 0 unspecified atom stereocenters. The molecule has 146 valence electrons. The minimum Gasteiger partial charge on any atom is -0.311 e. The van der Waals surface area contributed by atoms with Gasteiger partial charge >= 0.3 is 0 Å². The van der Waals surface area contributed by atoms with Crippen molar-refractivity contribution in [3.63, 3.8) is 0 Å². The molecule has 0 aliphatic rings. The van der Waals surface area contributed by atoms with E-state index in [1.165, 1.54) is 43.6 Å². The van der Waals surface area contributed by atoms with Crippen LogP contribution in [0, 0.1) is 5.82 Å². The lowest BCUT2D eigenvalue weighted by atomic mass is 10.1. The van der Waals surface area contributed by atoms with E-state index in [2.05, 4.69) is 10.3 Å². The van der Waals surface area contributed by atoms with E-state index in [1.807, 2.05) is 0 Å². The van der Waals surface area contributed by atoms with Gasteiger partial charge in [-0.2, -0.15) is 0 Å². The Balaban J connectivity index is 1.90. The summed E-state index contributed by atoms with van der Waals surface area (Å²) in [4.78, 5) is 15.5. The van der Waals surface area contributed by atoms with Gasteiger partial charge in [0, 0.05) is 35.8 Å². The van der Waals surface area contributed by atoms with Gasteiger partial charge in [0.1, 0.15) is 11.6 Å². The van der Waals surface area contributed by atoms with Crippen LogP contribution in [0.25, 0.3) is 22.0 Å². The number of aromatic nitrogens is 2. The van der Waals surface area contributed by atoms with E-state index in [0.29, 0.717) is 22.3 Å². The fraction of sp³-hybridized carbons (Fsp3) is 0.0476. The Hall–Kier alpha value is -3.52. The van der Waals surface area contributed by atoms with E-state index in [1.54, 1.807) is 36.4 Å². The third-order valence-electron chi connectivity index (χ3n) is 4.41. The first-order chi connectivity index (χ1) is 13.9. The third kappa shape index (κ3) is 3.50. The molecule has 0 radical (unpaired) electrons. The SMILES string of the molecule is CC(=O)Nc1ccc(-c2cn(S(=O)(=O)c3ccccc3)c3cc(F)ccc23)cn1. The molecule has 2 aromatic carbocycles. The normalized spacial score (nSPS) is 11.5. The summed E-state index contributed by atoms with van der Waals surface area (Å²) in [7, 11) is -3.92. The number of pyridine rings is 1. The molecule has 1 amide bonds. The Morgan fingerprint density at radius 2 is 1.83 bits per heavy atom. The highest BCUT2D eigenvalue weighted by Gasteiger charge is 2.22. The Labute approximate surface area is 166 Å². The number of amides is 1. The molecule has 0 saturated carbocycles. The van der Waals surface area contributed by atoms with Crippen molar-refractivity contribution in [2.24, 2.45) is 0 Å². The molecule has 8 heteroatoms. The van der Waals surface area contributed by atoms with Crippen LogP contribution < -0.4 is 5.32 Å². The fourth-order valence-electron chi connectivity index (χ4n) is 3.11. The van der Waals surface area contributed by atoms with Gasteiger partial charge in [-0.15, -0.1) is 0 Å². The second-order valence-corrected chi connectivity index (χ2v) is 8.25. The summed E-state index contributed by atoms with van der Waals surface area (Å²) in [6, 6.07) is 15.3. The zero-order valence-corrected chi connectivity index (χ0v) is 16.2. The van der Waals surface area contributed by atoms with Crippen LogP contribution in [0.15, 0.2) is 78.0 Å². The molecule has 0 atom stereocenters. The summed E-state index contributed by atoms with van der Waals surface area (Å²) in [5, 5.41) is 3.15. The Bertz CT molecular complexity index is 1310. The maximum Gasteiger partial charge on any atom is 0.268 e. The van der Waals surface area contributed by atoms with Crippen molar-refractivity contribution in [1.29, 1.82) is 0 Å². The van der Waals surface area contributed by atoms with Crippen LogP contribution in [0.3, 0.4) is 0 Å². The number of hydrogen-bond acceptors (Lipinski definition) is 4. The lowest BCUT2D eigenvalue weighted by Gasteiger charge is -2.07. The highest BCUT2D eigenvalue weighted by atomic mass is 32.2. The predicted octanol–water partition coefficient (Wildman–Crippen LogP) is 4.04. The largest absolute Gasteiger partial charge is 0.311 e. The molecular formula is C21H16FN3O3S. The quantitative estimate of drug-likeness (QED) is 0.552. The first kappa shape index (κ1) is 18.8. The van der Waals surface area contributed by atoms with Gasteiger partial charge < -0.3 is 5.32 Å².